The third-order valence-electron chi connectivity index (χ3n) is 4.30. The van der Waals surface area contributed by atoms with E-state index in [0.717, 1.165) is 45.4 Å². The standard InChI is InChI=1S/C16H25N3O4.2ClH/c1-3-4-5-14(18-8-6-17-7-9-18)13-10-12(19(21)22)11-15(23-2)16(13)20;;/h10-11,14,17,20H,3-9H2,1-2H3;2*1H/t14-;;/m1../s1. The van der Waals surface area contributed by atoms with E-state index in [0.29, 0.717) is 5.56 Å². The zero-order chi connectivity index (χ0) is 16.8. The number of unbranched alkanes of at least 4 members (excludes halogenated alkanes) is 1. The van der Waals surface area contributed by atoms with Crippen LogP contribution >= 0.6 is 24.8 Å². The number of piperazine rings is 1. The lowest BCUT2D eigenvalue weighted by Gasteiger charge is -2.35. The van der Waals surface area contributed by atoms with Gasteiger partial charge in [0.2, 0.25) is 0 Å². The fraction of sp³-hybridized carbons (Fsp3) is 0.625. The number of benzene rings is 1. The average molecular weight is 396 g/mol. The van der Waals surface area contributed by atoms with E-state index in [1.54, 1.807) is 0 Å². The Morgan fingerprint density at radius 3 is 2.52 bits per heavy atom. The number of nitrogens with one attached hydrogen (secondary N) is 1. The first-order chi connectivity index (χ1) is 11.1. The molecule has 25 heavy (non-hydrogen) atoms. The third-order valence-corrected chi connectivity index (χ3v) is 4.30. The van der Waals surface area contributed by atoms with Crippen LogP contribution in [-0.4, -0.2) is 48.2 Å². The first kappa shape index (κ1) is 23.7. The number of halogens is 2. The van der Waals surface area contributed by atoms with Crippen molar-refractivity contribution in [2.45, 2.75) is 32.2 Å². The molecule has 1 saturated heterocycles. The summed E-state index contributed by atoms with van der Waals surface area (Å²) in [6, 6.07) is 2.72. The van der Waals surface area contributed by atoms with Crippen LogP contribution in [0.3, 0.4) is 0 Å². The normalized spacial score (nSPS) is 15.6. The van der Waals surface area contributed by atoms with E-state index in [-0.39, 0.29) is 48.0 Å². The van der Waals surface area contributed by atoms with Gasteiger partial charge in [0.05, 0.1) is 18.1 Å². The van der Waals surface area contributed by atoms with E-state index in [2.05, 4.69) is 17.1 Å². The molecule has 0 aliphatic carbocycles. The first-order valence-electron chi connectivity index (χ1n) is 8.08. The van der Waals surface area contributed by atoms with Crippen LogP contribution in [0.15, 0.2) is 12.1 Å². The monoisotopic (exact) mass is 395 g/mol. The van der Waals surface area contributed by atoms with Crippen molar-refractivity contribution in [3.8, 4) is 11.5 Å². The van der Waals surface area contributed by atoms with Crippen molar-refractivity contribution in [2.75, 3.05) is 33.3 Å². The fourth-order valence-electron chi connectivity index (χ4n) is 3.06. The lowest BCUT2D eigenvalue weighted by molar-refractivity contribution is -0.385. The molecular formula is C16H27Cl2N3O4. The van der Waals surface area contributed by atoms with E-state index in [9.17, 15) is 15.2 Å². The highest BCUT2D eigenvalue weighted by Gasteiger charge is 2.28. The second-order valence-electron chi connectivity index (χ2n) is 5.79. The van der Waals surface area contributed by atoms with Gasteiger partial charge >= 0.3 is 0 Å². The molecule has 7 nitrogen and oxygen atoms in total. The minimum Gasteiger partial charge on any atom is -0.504 e. The van der Waals surface area contributed by atoms with Crippen molar-refractivity contribution in [2.24, 2.45) is 0 Å². The van der Waals surface area contributed by atoms with Crippen LogP contribution in [0.25, 0.3) is 0 Å². The predicted octanol–water partition coefficient (Wildman–Crippen LogP) is 3.29. The number of hydrogen-bond donors (Lipinski definition) is 2. The molecule has 0 radical (unpaired) electrons. The molecule has 2 N–H and O–H groups in total. The van der Waals surface area contributed by atoms with Crippen LogP contribution < -0.4 is 10.1 Å². The molecule has 1 aromatic rings. The number of methoxy groups -OCH3 is 1. The summed E-state index contributed by atoms with van der Waals surface area (Å²) < 4.78 is 5.13. The summed E-state index contributed by atoms with van der Waals surface area (Å²) in [5.41, 5.74) is 0.540. The summed E-state index contributed by atoms with van der Waals surface area (Å²) >= 11 is 0. The molecule has 9 heteroatoms. The average Bonchev–Trinajstić information content (AvgIpc) is 2.57. The zero-order valence-electron chi connectivity index (χ0n) is 14.6. The molecule has 1 fully saturated rings. The highest BCUT2D eigenvalue weighted by molar-refractivity contribution is 5.85. The molecule has 0 spiro atoms. The molecule has 1 atom stereocenters. The molecule has 0 unspecified atom stereocenters. The Morgan fingerprint density at radius 2 is 2.00 bits per heavy atom. The van der Waals surface area contributed by atoms with Gasteiger partial charge in [-0.1, -0.05) is 19.8 Å². The van der Waals surface area contributed by atoms with Crippen LogP contribution in [-0.2, 0) is 0 Å². The topological polar surface area (TPSA) is 87.9 Å². The minimum atomic E-state index is -0.444. The van der Waals surface area contributed by atoms with Gasteiger partial charge in [0.15, 0.2) is 11.5 Å². The Hall–Kier alpha value is -1.28. The van der Waals surface area contributed by atoms with Crippen molar-refractivity contribution in [1.29, 1.82) is 0 Å². The van der Waals surface area contributed by atoms with Gasteiger partial charge in [0, 0.05) is 43.9 Å². The predicted molar refractivity (Wildman–Crippen MR) is 103 cm³/mol. The molecule has 0 bridgehead atoms. The van der Waals surface area contributed by atoms with Gasteiger partial charge in [0.25, 0.3) is 5.69 Å². The summed E-state index contributed by atoms with van der Waals surface area (Å²) in [5, 5.41) is 25.0. The molecular weight excluding hydrogens is 369 g/mol. The lowest BCUT2D eigenvalue weighted by Crippen LogP contribution is -2.45. The number of phenolic OH excluding ortho intramolecular Hbond substituents is 1. The van der Waals surface area contributed by atoms with E-state index in [1.807, 2.05) is 0 Å². The number of aromatic hydroxyl groups is 1. The second-order valence-corrected chi connectivity index (χ2v) is 5.79. The lowest BCUT2D eigenvalue weighted by atomic mass is 9.96. The molecule has 1 aliphatic heterocycles. The zero-order valence-corrected chi connectivity index (χ0v) is 16.2. The van der Waals surface area contributed by atoms with Gasteiger partial charge in [-0.05, 0) is 6.42 Å². The van der Waals surface area contributed by atoms with E-state index in [4.69, 9.17) is 4.74 Å². The molecule has 1 aliphatic rings. The van der Waals surface area contributed by atoms with Crippen molar-refractivity contribution in [3.05, 3.63) is 27.8 Å². The smallest absolute Gasteiger partial charge is 0.273 e. The van der Waals surface area contributed by atoms with E-state index < -0.39 is 4.92 Å². The molecule has 144 valence electrons. The highest BCUT2D eigenvalue weighted by atomic mass is 35.5. The maximum atomic E-state index is 11.2. The Kier molecular flexibility index (Phi) is 10.8. The Balaban J connectivity index is 0.00000288. The molecule has 1 heterocycles. The fourth-order valence-corrected chi connectivity index (χ4v) is 3.06. The number of non-ortho nitro benzene ring substituents is 1. The third kappa shape index (κ3) is 5.88. The van der Waals surface area contributed by atoms with Gasteiger partial charge in [-0.2, -0.15) is 0 Å². The van der Waals surface area contributed by atoms with Crippen LogP contribution in [0.5, 0.6) is 11.5 Å². The van der Waals surface area contributed by atoms with Gasteiger partial charge < -0.3 is 15.2 Å². The van der Waals surface area contributed by atoms with Crippen LogP contribution in [0.4, 0.5) is 5.69 Å². The van der Waals surface area contributed by atoms with Crippen LogP contribution in [0.1, 0.15) is 37.8 Å². The minimum absolute atomic E-state index is 0. The van der Waals surface area contributed by atoms with Crippen molar-refractivity contribution in [1.82, 2.24) is 10.2 Å². The number of nitro benzene ring substituents is 1. The Bertz CT molecular complexity index is 554. The molecule has 0 amide bonds. The maximum Gasteiger partial charge on any atom is 0.273 e. The summed E-state index contributed by atoms with van der Waals surface area (Å²) in [6.07, 6.45) is 2.89. The number of nitro groups is 1. The van der Waals surface area contributed by atoms with Crippen LogP contribution in [0, 0.1) is 10.1 Å². The van der Waals surface area contributed by atoms with Gasteiger partial charge in [-0.3, -0.25) is 15.0 Å². The molecule has 0 saturated carbocycles. The molecule has 1 aromatic carbocycles. The van der Waals surface area contributed by atoms with Crippen molar-refractivity contribution >= 4 is 30.5 Å². The number of nitrogens with zero attached hydrogens (tertiary/aromatic N) is 2. The summed E-state index contributed by atoms with van der Waals surface area (Å²) in [4.78, 5) is 13.0. The number of phenols is 1. The maximum absolute atomic E-state index is 11.2. The summed E-state index contributed by atoms with van der Waals surface area (Å²) in [6.45, 7) is 5.60. The van der Waals surface area contributed by atoms with Gasteiger partial charge in [-0.25, -0.2) is 0 Å². The molecule has 2 rings (SSSR count). The summed E-state index contributed by atoms with van der Waals surface area (Å²) in [5.74, 6) is 0.170. The highest BCUT2D eigenvalue weighted by Crippen LogP contribution is 2.41. The SMILES string of the molecule is CCCC[C@H](c1cc([N+](=O)[O-])cc(OC)c1O)N1CCNCC1.Cl.Cl. The van der Waals surface area contributed by atoms with E-state index >= 15 is 0 Å². The molecule has 0 aromatic heterocycles. The van der Waals surface area contributed by atoms with Gasteiger partial charge in [0.1, 0.15) is 0 Å². The number of ether oxygens (including phenoxy) is 1. The summed E-state index contributed by atoms with van der Waals surface area (Å²) in [7, 11) is 1.41. The quantitative estimate of drug-likeness (QED) is 0.543. The van der Waals surface area contributed by atoms with Crippen molar-refractivity contribution in [3.63, 3.8) is 0 Å². The Morgan fingerprint density at radius 1 is 1.36 bits per heavy atom. The Labute approximate surface area is 160 Å². The number of hydrogen-bond acceptors (Lipinski definition) is 6. The van der Waals surface area contributed by atoms with Gasteiger partial charge in [-0.15, -0.1) is 24.8 Å². The van der Waals surface area contributed by atoms with Crippen LogP contribution in [0.2, 0.25) is 0 Å². The second kappa shape index (κ2) is 11.4. The largest absolute Gasteiger partial charge is 0.504 e. The first-order valence-corrected chi connectivity index (χ1v) is 8.08. The van der Waals surface area contributed by atoms with Crippen molar-refractivity contribution < 1.29 is 14.8 Å². The van der Waals surface area contributed by atoms with E-state index in [1.165, 1.54) is 19.2 Å². The number of rotatable bonds is 7.